The van der Waals surface area contributed by atoms with Crippen LogP contribution in [0.5, 0.6) is 0 Å². The van der Waals surface area contributed by atoms with E-state index in [1.54, 1.807) is 12.5 Å². The molecule has 1 aromatic carbocycles. The quantitative estimate of drug-likeness (QED) is 0.734. The number of aromatic nitrogens is 4. The van der Waals surface area contributed by atoms with Crippen molar-refractivity contribution in [3.63, 3.8) is 0 Å². The zero-order chi connectivity index (χ0) is 16.2. The minimum Gasteiger partial charge on any atom is -0.348 e. The van der Waals surface area contributed by atoms with E-state index in [0.29, 0.717) is 13.0 Å². The summed E-state index contributed by atoms with van der Waals surface area (Å²) in [6.07, 6.45) is 4.61. The van der Waals surface area contributed by atoms with Gasteiger partial charge in [-0.1, -0.05) is 19.1 Å². The zero-order valence-electron chi connectivity index (χ0n) is 13.4. The predicted molar refractivity (Wildman–Crippen MR) is 88.9 cm³/mol. The van der Waals surface area contributed by atoms with Crippen molar-refractivity contribution in [1.82, 2.24) is 24.8 Å². The molecule has 0 unspecified atom stereocenters. The Morgan fingerprint density at radius 1 is 1.39 bits per heavy atom. The summed E-state index contributed by atoms with van der Waals surface area (Å²) >= 11 is 0. The highest BCUT2D eigenvalue weighted by Gasteiger charge is 2.13. The van der Waals surface area contributed by atoms with Crippen LogP contribution < -0.4 is 5.32 Å². The van der Waals surface area contributed by atoms with Gasteiger partial charge in [-0.25, -0.2) is 9.97 Å². The van der Waals surface area contributed by atoms with Gasteiger partial charge in [0.2, 0.25) is 5.91 Å². The molecule has 23 heavy (non-hydrogen) atoms. The number of imidazole rings is 2. The Morgan fingerprint density at radius 3 is 2.96 bits per heavy atom. The first-order chi connectivity index (χ1) is 11.2. The Kier molecular flexibility index (Phi) is 4.41. The molecule has 0 saturated carbocycles. The molecule has 2 heterocycles. The number of hydrogen-bond donors (Lipinski definition) is 2. The van der Waals surface area contributed by atoms with Gasteiger partial charge in [0.1, 0.15) is 5.82 Å². The van der Waals surface area contributed by atoms with Gasteiger partial charge < -0.3 is 14.9 Å². The first-order valence-electron chi connectivity index (χ1n) is 7.90. The molecule has 1 atom stereocenters. The zero-order valence-corrected chi connectivity index (χ0v) is 13.4. The maximum Gasteiger partial charge on any atom is 0.222 e. The summed E-state index contributed by atoms with van der Waals surface area (Å²) in [5.74, 6) is 1.03. The molecule has 6 heteroatoms. The van der Waals surface area contributed by atoms with E-state index in [0.717, 1.165) is 29.0 Å². The Balaban J connectivity index is 1.67. The lowest BCUT2D eigenvalue weighted by atomic mass is 10.2. The van der Waals surface area contributed by atoms with E-state index in [1.165, 1.54) is 0 Å². The number of hydrogen-bond acceptors (Lipinski definition) is 3. The molecule has 0 spiro atoms. The van der Waals surface area contributed by atoms with Crippen LogP contribution in [0.15, 0.2) is 36.8 Å². The van der Waals surface area contributed by atoms with Crippen molar-refractivity contribution in [2.75, 3.05) is 0 Å². The maximum absolute atomic E-state index is 12.2. The number of benzene rings is 1. The number of H-pyrrole nitrogens is 1. The molecule has 120 valence electrons. The lowest BCUT2D eigenvalue weighted by Gasteiger charge is -2.13. The van der Waals surface area contributed by atoms with E-state index >= 15 is 0 Å². The summed E-state index contributed by atoms with van der Waals surface area (Å²) in [5.41, 5.74) is 2.97. The maximum atomic E-state index is 12.2. The smallest absolute Gasteiger partial charge is 0.222 e. The van der Waals surface area contributed by atoms with Gasteiger partial charge in [0.25, 0.3) is 0 Å². The van der Waals surface area contributed by atoms with Crippen molar-refractivity contribution in [2.24, 2.45) is 0 Å². The minimum absolute atomic E-state index is 0.0203. The van der Waals surface area contributed by atoms with Crippen LogP contribution in [-0.4, -0.2) is 25.4 Å². The third kappa shape index (κ3) is 3.26. The van der Waals surface area contributed by atoms with Gasteiger partial charge in [0, 0.05) is 19.4 Å². The molecular weight excluding hydrogens is 290 g/mol. The molecule has 0 bridgehead atoms. The molecule has 0 saturated heterocycles. The first kappa shape index (κ1) is 15.3. The van der Waals surface area contributed by atoms with E-state index in [-0.39, 0.29) is 11.9 Å². The van der Waals surface area contributed by atoms with Crippen molar-refractivity contribution >= 4 is 16.9 Å². The molecule has 0 radical (unpaired) electrons. The monoisotopic (exact) mass is 311 g/mol. The lowest BCUT2D eigenvalue weighted by molar-refractivity contribution is -0.121. The number of carbonyl (C=O) groups is 1. The third-order valence-electron chi connectivity index (χ3n) is 3.98. The largest absolute Gasteiger partial charge is 0.348 e. The Morgan fingerprint density at radius 2 is 2.22 bits per heavy atom. The average molecular weight is 311 g/mol. The normalized spacial score (nSPS) is 12.4. The highest BCUT2D eigenvalue weighted by atomic mass is 16.1. The molecule has 2 aromatic heterocycles. The molecule has 1 amide bonds. The Bertz CT molecular complexity index is 791. The van der Waals surface area contributed by atoms with Gasteiger partial charge in [-0.05, 0) is 19.1 Å². The fraction of sp³-hybridized carbons (Fsp3) is 0.353. The van der Waals surface area contributed by atoms with Gasteiger partial charge >= 0.3 is 0 Å². The highest BCUT2D eigenvalue weighted by Crippen LogP contribution is 2.17. The van der Waals surface area contributed by atoms with Crippen LogP contribution in [0.2, 0.25) is 0 Å². The van der Waals surface area contributed by atoms with E-state index in [1.807, 2.05) is 31.2 Å². The summed E-state index contributed by atoms with van der Waals surface area (Å²) in [6, 6.07) is 7.96. The summed E-state index contributed by atoms with van der Waals surface area (Å²) in [6.45, 7) is 4.65. The Labute approximate surface area is 135 Å². The second-order valence-electron chi connectivity index (χ2n) is 5.57. The number of rotatable bonds is 6. The van der Waals surface area contributed by atoms with Crippen LogP contribution in [0.4, 0.5) is 0 Å². The molecule has 6 nitrogen and oxygen atoms in total. The summed E-state index contributed by atoms with van der Waals surface area (Å²) in [4.78, 5) is 23.8. The first-order valence-corrected chi connectivity index (χ1v) is 7.90. The average Bonchev–Trinajstić information content (AvgIpc) is 3.20. The number of para-hydroxylation sites is 2. The molecule has 2 N–H and O–H groups in total. The standard InChI is InChI=1S/C17H21N5O/c1-3-16-21-13-6-4-5-7-15(13)22(16)9-8-17(23)20-12(2)14-10-18-11-19-14/h4-7,10-12H,3,8-9H2,1-2H3,(H,18,19)(H,20,23)/t12-/m0/s1. The van der Waals surface area contributed by atoms with Crippen LogP contribution >= 0.6 is 0 Å². The number of nitrogens with zero attached hydrogens (tertiary/aromatic N) is 3. The number of nitrogens with one attached hydrogen (secondary N) is 2. The Hall–Kier alpha value is -2.63. The summed E-state index contributed by atoms with van der Waals surface area (Å²) in [5, 5.41) is 2.99. The number of amides is 1. The summed E-state index contributed by atoms with van der Waals surface area (Å²) in [7, 11) is 0. The van der Waals surface area contributed by atoms with E-state index in [9.17, 15) is 4.79 Å². The fourth-order valence-electron chi connectivity index (χ4n) is 2.75. The van der Waals surface area contributed by atoms with E-state index in [2.05, 4.69) is 31.8 Å². The van der Waals surface area contributed by atoms with Gasteiger partial charge in [0.05, 0.1) is 35.3 Å². The lowest BCUT2D eigenvalue weighted by Crippen LogP contribution is -2.27. The van der Waals surface area contributed by atoms with Crippen molar-refractivity contribution in [2.45, 2.75) is 39.3 Å². The SMILES string of the molecule is CCc1nc2ccccc2n1CCC(=O)N[C@@H](C)c1cnc[nH]1. The number of fused-ring (bicyclic) bond motifs is 1. The molecule has 0 fully saturated rings. The number of aromatic amines is 1. The van der Waals surface area contributed by atoms with Crippen molar-refractivity contribution in [3.8, 4) is 0 Å². The van der Waals surface area contributed by atoms with E-state index < -0.39 is 0 Å². The molecular formula is C17H21N5O. The molecule has 3 rings (SSSR count). The fourth-order valence-corrected chi connectivity index (χ4v) is 2.75. The number of carbonyl (C=O) groups excluding carboxylic acids is 1. The van der Waals surface area contributed by atoms with Gasteiger partial charge in [-0.2, -0.15) is 0 Å². The van der Waals surface area contributed by atoms with Crippen LogP contribution in [-0.2, 0) is 17.8 Å². The van der Waals surface area contributed by atoms with Gasteiger partial charge in [0.15, 0.2) is 0 Å². The highest BCUT2D eigenvalue weighted by molar-refractivity contribution is 5.78. The second kappa shape index (κ2) is 6.64. The number of aryl methyl sites for hydroxylation is 2. The van der Waals surface area contributed by atoms with Crippen LogP contribution in [0, 0.1) is 0 Å². The van der Waals surface area contributed by atoms with Crippen LogP contribution in [0.3, 0.4) is 0 Å². The van der Waals surface area contributed by atoms with Gasteiger partial charge in [-0.3, -0.25) is 4.79 Å². The van der Waals surface area contributed by atoms with Crippen molar-refractivity contribution in [3.05, 3.63) is 48.3 Å². The van der Waals surface area contributed by atoms with Gasteiger partial charge in [-0.15, -0.1) is 0 Å². The molecule has 0 aliphatic carbocycles. The van der Waals surface area contributed by atoms with Crippen molar-refractivity contribution in [1.29, 1.82) is 0 Å². The third-order valence-corrected chi connectivity index (χ3v) is 3.98. The molecule has 0 aliphatic heterocycles. The van der Waals surface area contributed by atoms with Crippen molar-refractivity contribution < 1.29 is 4.79 Å². The van der Waals surface area contributed by atoms with Crippen LogP contribution in [0.1, 0.15) is 37.8 Å². The van der Waals surface area contributed by atoms with Crippen LogP contribution in [0.25, 0.3) is 11.0 Å². The minimum atomic E-state index is -0.0739. The van der Waals surface area contributed by atoms with E-state index in [4.69, 9.17) is 0 Å². The summed E-state index contributed by atoms with van der Waals surface area (Å²) < 4.78 is 2.13. The predicted octanol–water partition coefficient (Wildman–Crippen LogP) is 2.59. The molecule has 0 aliphatic rings. The molecule has 3 aromatic rings. The second-order valence-corrected chi connectivity index (χ2v) is 5.57. The topological polar surface area (TPSA) is 75.6 Å².